The van der Waals surface area contributed by atoms with E-state index in [0.29, 0.717) is 10.9 Å². The van der Waals surface area contributed by atoms with Gasteiger partial charge in [0.1, 0.15) is 5.82 Å². The third kappa shape index (κ3) is 2.96. The highest BCUT2D eigenvalue weighted by Crippen LogP contribution is 2.18. The molecule has 0 spiro atoms. The average Bonchev–Trinajstić information content (AvgIpc) is 2.95. The maximum absolute atomic E-state index is 12.6. The molecule has 0 aliphatic carbocycles. The highest BCUT2D eigenvalue weighted by atomic mass is 16.2. The Morgan fingerprint density at radius 3 is 2.64 bits per heavy atom. The third-order valence-electron chi connectivity index (χ3n) is 4.70. The van der Waals surface area contributed by atoms with E-state index in [1.807, 2.05) is 43.5 Å². The van der Waals surface area contributed by atoms with Crippen LogP contribution in [0.25, 0.3) is 16.7 Å². The maximum atomic E-state index is 12.6. The van der Waals surface area contributed by atoms with Crippen molar-refractivity contribution in [2.24, 2.45) is 5.10 Å². The van der Waals surface area contributed by atoms with Crippen molar-refractivity contribution in [1.29, 1.82) is 0 Å². The summed E-state index contributed by atoms with van der Waals surface area (Å²) >= 11 is 0. The molecule has 4 rings (SSSR count). The molecule has 1 aromatic carbocycles. The number of nitrogens with zero attached hydrogens (tertiary/aromatic N) is 4. The van der Waals surface area contributed by atoms with Gasteiger partial charge >= 0.3 is 5.69 Å². The van der Waals surface area contributed by atoms with Crippen molar-refractivity contribution in [1.82, 2.24) is 19.2 Å². The van der Waals surface area contributed by atoms with Crippen LogP contribution in [0.3, 0.4) is 0 Å². The Morgan fingerprint density at radius 1 is 1.07 bits per heavy atom. The van der Waals surface area contributed by atoms with Gasteiger partial charge in [-0.25, -0.2) is 9.78 Å². The van der Waals surface area contributed by atoms with E-state index in [2.05, 4.69) is 15.1 Å². The summed E-state index contributed by atoms with van der Waals surface area (Å²) in [4.78, 5) is 32.0. The molecule has 0 amide bonds. The molecule has 140 valence electrons. The Labute approximate surface area is 160 Å². The van der Waals surface area contributed by atoms with Crippen molar-refractivity contribution < 1.29 is 0 Å². The number of aromatic nitrogens is 4. The van der Waals surface area contributed by atoms with Crippen LogP contribution in [0, 0.1) is 20.8 Å². The van der Waals surface area contributed by atoms with E-state index in [4.69, 9.17) is 0 Å². The Bertz CT molecular complexity index is 1340. The minimum Gasteiger partial charge on any atom is -0.305 e. The summed E-state index contributed by atoms with van der Waals surface area (Å²) in [5, 5.41) is 4.56. The average molecular weight is 373 g/mol. The van der Waals surface area contributed by atoms with Crippen molar-refractivity contribution in [3.05, 3.63) is 92.0 Å². The molecule has 4 aromatic rings. The fraction of sp³-hybridized carbons (Fsp3) is 0.143. The van der Waals surface area contributed by atoms with Gasteiger partial charge in [0.25, 0.3) is 5.56 Å². The van der Waals surface area contributed by atoms with Crippen molar-refractivity contribution in [2.75, 3.05) is 0 Å². The minimum atomic E-state index is -0.575. The number of H-pyrrole nitrogens is 1. The molecule has 0 fully saturated rings. The summed E-state index contributed by atoms with van der Waals surface area (Å²) in [7, 11) is 0. The molecule has 0 aliphatic heterocycles. The Hall–Kier alpha value is -3.74. The fourth-order valence-corrected chi connectivity index (χ4v) is 3.29. The predicted molar refractivity (Wildman–Crippen MR) is 110 cm³/mol. The molecule has 28 heavy (non-hydrogen) atoms. The van der Waals surface area contributed by atoms with E-state index in [0.717, 1.165) is 33.0 Å². The molecule has 7 nitrogen and oxygen atoms in total. The number of nitrogens with one attached hydrogen (secondary N) is 1. The van der Waals surface area contributed by atoms with Gasteiger partial charge in [0.15, 0.2) is 0 Å². The zero-order valence-electron chi connectivity index (χ0n) is 15.8. The number of hydrogen-bond donors (Lipinski definition) is 1. The van der Waals surface area contributed by atoms with Crippen LogP contribution in [0.4, 0.5) is 0 Å². The summed E-state index contributed by atoms with van der Waals surface area (Å²) in [6.45, 7) is 5.94. The van der Waals surface area contributed by atoms with Gasteiger partial charge in [-0.2, -0.15) is 5.10 Å². The summed E-state index contributed by atoms with van der Waals surface area (Å²) in [5.74, 6) is 0.815. The number of fused-ring (bicyclic) bond motifs is 1. The van der Waals surface area contributed by atoms with Gasteiger partial charge in [-0.15, -0.1) is 4.68 Å². The number of hydrogen-bond acceptors (Lipinski definition) is 4. The standard InChI is InChI=1S/C21H19N5O2/c1-13-8-9-22-19(10-13)25-14(2)11-16(15(25)3)12-23-26-20(27)17-6-4-5-7-18(17)24-21(26)28/h4-12H,1-3H3,(H,24,28). The highest BCUT2D eigenvalue weighted by molar-refractivity contribution is 5.82. The van der Waals surface area contributed by atoms with E-state index in [9.17, 15) is 9.59 Å². The normalized spacial score (nSPS) is 11.5. The SMILES string of the molecule is Cc1ccnc(-n2c(C)cc(C=Nn3c(=O)[nH]c4ccccc4c3=O)c2C)c1. The summed E-state index contributed by atoms with van der Waals surface area (Å²) in [6, 6.07) is 12.8. The van der Waals surface area contributed by atoms with Crippen LogP contribution in [0.15, 0.2) is 63.4 Å². The van der Waals surface area contributed by atoms with Gasteiger partial charge in [-0.3, -0.25) is 4.79 Å². The molecule has 0 saturated heterocycles. The van der Waals surface area contributed by atoms with Crippen LogP contribution in [0.1, 0.15) is 22.5 Å². The van der Waals surface area contributed by atoms with Crippen LogP contribution in [0.2, 0.25) is 0 Å². The first-order chi connectivity index (χ1) is 13.5. The summed E-state index contributed by atoms with van der Waals surface area (Å²) in [6.07, 6.45) is 3.30. The number of aryl methyl sites for hydroxylation is 2. The van der Waals surface area contributed by atoms with E-state index < -0.39 is 11.2 Å². The third-order valence-corrected chi connectivity index (χ3v) is 4.70. The molecule has 3 heterocycles. The Kier molecular flexibility index (Phi) is 4.27. The zero-order chi connectivity index (χ0) is 19.8. The summed E-state index contributed by atoms with van der Waals surface area (Å²) < 4.78 is 2.86. The number of aromatic amines is 1. The molecule has 0 radical (unpaired) electrons. The largest absolute Gasteiger partial charge is 0.349 e. The van der Waals surface area contributed by atoms with Gasteiger partial charge in [-0.1, -0.05) is 12.1 Å². The molecule has 0 aliphatic rings. The van der Waals surface area contributed by atoms with Crippen molar-refractivity contribution in [2.45, 2.75) is 20.8 Å². The van der Waals surface area contributed by atoms with Gasteiger partial charge in [0, 0.05) is 23.1 Å². The predicted octanol–water partition coefficient (Wildman–Crippen LogP) is 2.68. The van der Waals surface area contributed by atoms with Crippen LogP contribution in [-0.4, -0.2) is 25.4 Å². The van der Waals surface area contributed by atoms with E-state index in [1.54, 1.807) is 30.5 Å². The Morgan fingerprint density at radius 2 is 1.86 bits per heavy atom. The number of para-hydroxylation sites is 1. The molecular weight excluding hydrogens is 354 g/mol. The lowest BCUT2D eigenvalue weighted by Gasteiger charge is -2.08. The number of benzene rings is 1. The van der Waals surface area contributed by atoms with E-state index in [1.165, 1.54) is 6.21 Å². The van der Waals surface area contributed by atoms with E-state index in [-0.39, 0.29) is 0 Å². The number of pyridine rings is 1. The molecular formula is C21H19N5O2. The van der Waals surface area contributed by atoms with E-state index >= 15 is 0 Å². The lowest BCUT2D eigenvalue weighted by molar-refractivity contribution is 0.771. The quantitative estimate of drug-likeness (QED) is 0.560. The molecule has 0 bridgehead atoms. The first kappa shape index (κ1) is 17.7. The van der Waals surface area contributed by atoms with Crippen molar-refractivity contribution >= 4 is 17.1 Å². The first-order valence-corrected chi connectivity index (χ1v) is 8.86. The molecule has 0 unspecified atom stereocenters. The monoisotopic (exact) mass is 373 g/mol. The molecule has 3 aromatic heterocycles. The molecule has 0 saturated carbocycles. The highest BCUT2D eigenvalue weighted by Gasteiger charge is 2.11. The lowest BCUT2D eigenvalue weighted by atomic mass is 10.2. The maximum Gasteiger partial charge on any atom is 0.349 e. The second kappa shape index (κ2) is 6.77. The van der Waals surface area contributed by atoms with Crippen LogP contribution in [-0.2, 0) is 0 Å². The molecule has 1 N–H and O–H groups in total. The topological polar surface area (TPSA) is 85.0 Å². The number of rotatable bonds is 3. The van der Waals surface area contributed by atoms with Gasteiger partial charge in [0.05, 0.1) is 17.1 Å². The second-order valence-electron chi connectivity index (χ2n) is 6.69. The molecule has 7 heteroatoms. The smallest absolute Gasteiger partial charge is 0.305 e. The van der Waals surface area contributed by atoms with Gasteiger partial charge in [-0.05, 0) is 56.7 Å². The van der Waals surface area contributed by atoms with Crippen LogP contribution in [0.5, 0.6) is 0 Å². The Balaban J connectivity index is 1.80. The van der Waals surface area contributed by atoms with Gasteiger partial charge in [0.2, 0.25) is 0 Å². The van der Waals surface area contributed by atoms with Gasteiger partial charge < -0.3 is 9.55 Å². The molecule has 0 atom stereocenters. The second-order valence-corrected chi connectivity index (χ2v) is 6.69. The zero-order valence-corrected chi connectivity index (χ0v) is 15.8. The summed E-state index contributed by atoms with van der Waals surface area (Å²) in [5.41, 5.74) is 3.29. The first-order valence-electron chi connectivity index (χ1n) is 8.86. The van der Waals surface area contributed by atoms with Crippen molar-refractivity contribution in [3.63, 3.8) is 0 Å². The fourth-order valence-electron chi connectivity index (χ4n) is 3.29. The minimum absolute atomic E-state index is 0.411. The lowest BCUT2D eigenvalue weighted by Crippen LogP contribution is -2.32. The van der Waals surface area contributed by atoms with Crippen LogP contribution < -0.4 is 11.2 Å². The van der Waals surface area contributed by atoms with Crippen molar-refractivity contribution in [3.8, 4) is 5.82 Å². The van der Waals surface area contributed by atoms with Crippen LogP contribution >= 0.6 is 0 Å².